The lowest BCUT2D eigenvalue weighted by molar-refractivity contribution is 0.101. The molecule has 2 rings (SSSR count). The van der Waals surface area contributed by atoms with Crippen LogP contribution in [0.1, 0.15) is 47.6 Å². The molecule has 1 aromatic heterocycles. The Balaban J connectivity index is 2.05. The molecule has 0 N–H and O–H groups in total. The van der Waals surface area contributed by atoms with Crippen molar-refractivity contribution in [2.45, 2.75) is 33.1 Å². The molecule has 0 aliphatic heterocycles. The summed E-state index contributed by atoms with van der Waals surface area (Å²) in [6.45, 7) is 3.67. The molecule has 2 aromatic rings. The normalized spacial score (nSPS) is 11.5. The van der Waals surface area contributed by atoms with E-state index in [0.29, 0.717) is 35.6 Å². The lowest BCUT2D eigenvalue weighted by atomic mass is 10.0. The first kappa shape index (κ1) is 19.2. The minimum absolute atomic E-state index is 0.0189. The Morgan fingerprint density at radius 2 is 1.92 bits per heavy atom. The smallest absolute Gasteiger partial charge is 0.165 e. The summed E-state index contributed by atoms with van der Waals surface area (Å²) in [5, 5.41) is 4.03. The van der Waals surface area contributed by atoms with Gasteiger partial charge in [-0.3, -0.25) is 4.79 Å². The van der Waals surface area contributed by atoms with E-state index >= 15 is 0 Å². The fourth-order valence-electron chi connectivity index (χ4n) is 2.49. The Morgan fingerprint density at radius 1 is 1.24 bits per heavy atom. The summed E-state index contributed by atoms with van der Waals surface area (Å²) in [7, 11) is -3.03. The van der Waals surface area contributed by atoms with Crippen LogP contribution in [0, 0.1) is 0 Å². The van der Waals surface area contributed by atoms with Crippen LogP contribution in [-0.2, 0) is 22.7 Å². The maximum Gasteiger partial charge on any atom is 0.165 e. The Labute approximate surface area is 148 Å². The van der Waals surface area contributed by atoms with E-state index in [-0.39, 0.29) is 18.1 Å². The number of aryl methyl sites for hydroxylation is 1. The number of nitrogens with zero attached hydrogens (tertiary/aromatic N) is 1. The third-order valence-electron chi connectivity index (χ3n) is 3.68. The van der Waals surface area contributed by atoms with Crippen LogP contribution in [0.15, 0.2) is 28.8 Å². The zero-order valence-electron chi connectivity index (χ0n) is 14.7. The molecule has 25 heavy (non-hydrogen) atoms. The van der Waals surface area contributed by atoms with E-state index in [1.54, 1.807) is 12.1 Å². The minimum atomic E-state index is -3.03. The first-order valence-electron chi connectivity index (χ1n) is 8.18. The van der Waals surface area contributed by atoms with E-state index in [1.165, 1.54) is 13.2 Å². The molecule has 0 radical (unpaired) electrons. The summed E-state index contributed by atoms with van der Waals surface area (Å²) in [4.78, 5) is 11.9. The van der Waals surface area contributed by atoms with Crippen LogP contribution in [0.2, 0.25) is 0 Å². The van der Waals surface area contributed by atoms with Crippen LogP contribution in [0.25, 0.3) is 0 Å². The van der Waals surface area contributed by atoms with Gasteiger partial charge in [0.1, 0.15) is 12.4 Å². The van der Waals surface area contributed by atoms with E-state index in [4.69, 9.17) is 9.26 Å². The molecule has 7 heteroatoms. The number of carbonyl (C=O) groups is 1. The average Bonchev–Trinajstić information content (AvgIpc) is 2.91. The van der Waals surface area contributed by atoms with Crippen molar-refractivity contribution in [3.05, 3.63) is 46.8 Å². The summed E-state index contributed by atoms with van der Waals surface area (Å²) >= 11 is 0. The molecule has 0 aliphatic carbocycles. The number of Topliss-reactive ketones (excluding diaryl/α,β-unsaturated/α-hetero) is 1. The molecule has 0 saturated carbocycles. The fourth-order valence-corrected chi connectivity index (χ4v) is 2.88. The molecule has 1 heterocycles. The zero-order chi connectivity index (χ0) is 18.4. The quantitative estimate of drug-likeness (QED) is 0.635. The number of rotatable bonds is 9. The van der Waals surface area contributed by atoms with Crippen LogP contribution >= 0.6 is 0 Å². The van der Waals surface area contributed by atoms with Gasteiger partial charge in [-0.25, -0.2) is 8.42 Å². The minimum Gasteiger partial charge on any atom is -0.493 e. The third kappa shape index (κ3) is 5.70. The van der Waals surface area contributed by atoms with Crippen molar-refractivity contribution < 1.29 is 22.5 Å². The zero-order valence-corrected chi connectivity index (χ0v) is 15.6. The van der Waals surface area contributed by atoms with E-state index in [2.05, 4.69) is 5.16 Å². The van der Waals surface area contributed by atoms with Gasteiger partial charge < -0.3 is 9.26 Å². The van der Waals surface area contributed by atoms with Crippen LogP contribution in [0.5, 0.6) is 5.75 Å². The summed E-state index contributed by atoms with van der Waals surface area (Å²) in [6, 6.07) is 7.27. The van der Waals surface area contributed by atoms with Crippen LogP contribution in [0.4, 0.5) is 0 Å². The number of benzene rings is 1. The largest absolute Gasteiger partial charge is 0.493 e. The van der Waals surface area contributed by atoms with Gasteiger partial charge in [-0.2, -0.15) is 0 Å². The van der Waals surface area contributed by atoms with Gasteiger partial charge in [-0.1, -0.05) is 30.6 Å². The van der Waals surface area contributed by atoms with Gasteiger partial charge in [-0.15, -0.1) is 0 Å². The number of ketones is 1. The highest BCUT2D eigenvalue weighted by Crippen LogP contribution is 2.21. The third-order valence-corrected chi connectivity index (χ3v) is 4.59. The fraction of sp³-hybridized carbons (Fsp3) is 0.444. The Hall–Kier alpha value is -2.15. The summed E-state index contributed by atoms with van der Waals surface area (Å²) < 4.78 is 33.0. The van der Waals surface area contributed by atoms with E-state index < -0.39 is 9.84 Å². The Bertz CT molecular complexity index is 822. The molecule has 0 amide bonds. The average molecular weight is 365 g/mol. The number of sulfone groups is 1. The highest BCUT2D eigenvalue weighted by atomic mass is 32.2. The summed E-state index contributed by atoms with van der Waals surface area (Å²) in [5.74, 6) is 1.11. The predicted molar refractivity (Wildman–Crippen MR) is 95.0 cm³/mol. The molecular formula is C18H23NO5S. The highest BCUT2D eigenvalue weighted by Gasteiger charge is 2.19. The van der Waals surface area contributed by atoms with E-state index in [1.807, 2.05) is 19.1 Å². The van der Waals surface area contributed by atoms with Crippen LogP contribution < -0.4 is 4.74 Å². The lowest BCUT2D eigenvalue weighted by Crippen LogP contribution is -2.12. The molecule has 0 spiro atoms. The molecule has 1 aromatic carbocycles. The molecule has 0 unspecified atom stereocenters. The SMILES string of the molecule is CCCc1noc(Cc2ccc(OCCS(C)(=O)=O)cc2)c1C(C)=O. The molecule has 136 valence electrons. The molecule has 6 nitrogen and oxygen atoms in total. The van der Waals surface area contributed by atoms with Gasteiger partial charge in [0, 0.05) is 12.7 Å². The van der Waals surface area contributed by atoms with Crippen LogP contribution in [0.3, 0.4) is 0 Å². The van der Waals surface area contributed by atoms with E-state index in [9.17, 15) is 13.2 Å². The second-order valence-corrected chi connectivity index (χ2v) is 8.29. The van der Waals surface area contributed by atoms with Gasteiger partial charge in [0.2, 0.25) is 0 Å². The number of hydrogen-bond acceptors (Lipinski definition) is 6. The molecule has 0 bridgehead atoms. The standard InChI is InChI=1S/C18H23NO5S/c1-4-5-16-18(13(2)20)17(24-19-16)12-14-6-8-15(9-7-14)23-10-11-25(3,21)22/h6-9H,4-5,10-12H2,1-3H3. The first-order valence-corrected chi connectivity index (χ1v) is 10.2. The Morgan fingerprint density at radius 3 is 2.48 bits per heavy atom. The number of carbonyl (C=O) groups excluding carboxylic acids is 1. The molecule has 0 saturated heterocycles. The number of hydrogen-bond donors (Lipinski definition) is 0. The van der Waals surface area contributed by atoms with Crippen molar-refractivity contribution >= 4 is 15.6 Å². The van der Waals surface area contributed by atoms with Gasteiger partial charge in [0.05, 0.1) is 17.0 Å². The molecule has 0 aliphatic rings. The monoisotopic (exact) mass is 365 g/mol. The molecular weight excluding hydrogens is 342 g/mol. The van der Waals surface area contributed by atoms with Crippen molar-refractivity contribution in [2.75, 3.05) is 18.6 Å². The van der Waals surface area contributed by atoms with Crippen molar-refractivity contribution in [1.29, 1.82) is 0 Å². The van der Waals surface area contributed by atoms with Gasteiger partial charge in [-0.05, 0) is 31.0 Å². The van der Waals surface area contributed by atoms with Crippen molar-refractivity contribution in [3.8, 4) is 5.75 Å². The van der Waals surface area contributed by atoms with Crippen LogP contribution in [-0.4, -0.2) is 38.0 Å². The number of aromatic nitrogens is 1. The van der Waals surface area contributed by atoms with E-state index in [0.717, 1.165) is 12.0 Å². The second kappa shape index (κ2) is 8.29. The maximum absolute atomic E-state index is 11.9. The van der Waals surface area contributed by atoms with Gasteiger partial charge >= 0.3 is 0 Å². The second-order valence-electron chi connectivity index (χ2n) is 6.03. The predicted octanol–water partition coefficient (Wildman–Crippen LogP) is 2.84. The van der Waals surface area contributed by atoms with Crippen molar-refractivity contribution in [1.82, 2.24) is 5.16 Å². The summed E-state index contributed by atoms with van der Waals surface area (Å²) in [5.41, 5.74) is 2.25. The number of ether oxygens (including phenoxy) is 1. The highest BCUT2D eigenvalue weighted by molar-refractivity contribution is 7.90. The van der Waals surface area contributed by atoms with Crippen molar-refractivity contribution in [3.63, 3.8) is 0 Å². The summed E-state index contributed by atoms with van der Waals surface area (Å²) in [6.07, 6.45) is 3.25. The molecule has 0 fully saturated rings. The first-order chi connectivity index (χ1) is 11.8. The van der Waals surface area contributed by atoms with Gasteiger partial charge in [0.25, 0.3) is 0 Å². The van der Waals surface area contributed by atoms with Crippen molar-refractivity contribution in [2.24, 2.45) is 0 Å². The maximum atomic E-state index is 11.9. The lowest BCUT2D eigenvalue weighted by Gasteiger charge is -2.06. The molecule has 0 atom stereocenters. The topological polar surface area (TPSA) is 86.5 Å². The Kier molecular flexibility index (Phi) is 6.36. The van der Waals surface area contributed by atoms with Gasteiger partial charge in [0.15, 0.2) is 21.4 Å².